The molecule has 2 amide bonds. The van der Waals surface area contributed by atoms with Gasteiger partial charge < -0.3 is 14.8 Å². The number of imide groups is 1. The lowest BCUT2D eigenvalue weighted by atomic mass is 10.0. The van der Waals surface area contributed by atoms with E-state index in [4.69, 9.17) is 9.47 Å². The molecule has 168 valence electrons. The molecule has 0 bridgehead atoms. The number of benzene rings is 3. The van der Waals surface area contributed by atoms with Crippen molar-refractivity contribution in [3.05, 3.63) is 89.1 Å². The summed E-state index contributed by atoms with van der Waals surface area (Å²) < 4.78 is 10.7. The van der Waals surface area contributed by atoms with E-state index in [1.165, 1.54) is 4.90 Å². The van der Waals surface area contributed by atoms with Crippen molar-refractivity contribution in [2.75, 3.05) is 23.9 Å². The van der Waals surface area contributed by atoms with Gasteiger partial charge in [-0.05, 0) is 74.4 Å². The summed E-state index contributed by atoms with van der Waals surface area (Å²) in [7, 11) is 1.58. The van der Waals surface area contributed by atoms with Crippen molar-refractivity contribution in [1.82, 2.24) is 0 Å². The lowest BCUT2D eigenvalue weighted by Gasteiger charge is -2.16. The van der Waals surface area contributed by atoms with E-state index in [9.17, 15) is 9.59 Å². The number of anilines is 2. The molecule has 0 spiro atoms. The maximum absolute atomic E-state index is 13.6. The Kier molecular flexibility index (Phi) is 6.18. The van der Waals surface area contributed by atoms with Crippen LogP contribution in [0.5, 0.6) is 11.5 Å². The minimum Gasteiger partial charge on any atom is -0.497 e. The molecular weight excluding hydrogens is 416 g/mol. The van der Waals surface area contributed by atoms with Gasteiger partial charge in [-0.1, -0.05) is 29.8 Å². The lowest BCUT2D eigenvalue weighted by molar-refractivity contribution is -0.120. The van der Waals surface area contributed by atoms with Gasteiger partial charge in [0.05, 0.1) is 25.0 Å². The van der Waals surface area contributed by atoms with E-state index in [0.29, 0.717) is 34.9 Å². The first kappa shape index (κ1) is 22.1. The van der Waals surface area contributed by atoms with Crippen LogP contribution in [0.15, 0.2) is 72.4 Å². The van der Waals surface area contributed by atoms with Crippen LogP contribution >= 0.6 is 0 Å². The molecule has 1 aliphatic heterocycles. The van der Waals surface area contributed by atoms with Crippen LogP contribution in [0.4, 0.5) is 11.4 Å². The van der Waals surface area contributed by atoms with Crippen molar-refractivity contribution in [1.29, 1.82) is 0 Å². The van der Waals surface area contributed by atoms with Crippen LogP contribution in [0.3, 0.4) is 0 Å². The van der Waals surface area contributed by atoms with Crippen molar-refractivity contribution in [3.63, 3.8) is 0 Å². The summed E-state index contributed by atoms with van der Waals surface area (Å²) >= 11 is 0. The van der Waals surface area contributed by atoms with Crippen LogP contribution in [0.25, 0.3) is 5.57 Å². The van der Waals surface area contributed by atoms with Gasteiger partial charge in [0.25, 0.3) is 11.8 Å². The molecule has 0 unspecified atom stereocenters. The summed E-state index contributed by atoms with van der Waals surface area (Å²) in [6.07, 6.45) is 0. The average molecular weight is 443 g/mol. The van der Waals surface area contributed by atoms with Crippen LogP contribution in [0.1, 0.15) is 23.6 Å². The Balaban J connectivity index is 1.78. The molecule has 1 N–H and O–H groups in total. The Morgan fingerprint density at radius 2 is 1.52 bits per heavy atom. The standard InChI is InChI=1S/C27H26N2O4/c1-5-33-22-13-9-20(10-14-22)29-26(30)24(19-7-11-21(32-4)12-8-19)25(27(29)31)28-23-15-6-17(2)16-18(23)3/h6-16,28H,5H2,1-4H3. The third-order valence-corrected chi connectivity index (χ3v) is 5.51. The fourth-order valence-electron chi connectivity index (χ4n) is 3.85. The monoisotopic (exact) mass is 442 g/mol. The zero-order valence-electron chi connectivity index (χ0n) is 19.1. The predicted molar refractivity (Wildman–Crippen MR) is 130 cm³/mol. The van der Waals surface area contributed by atoms with Gasteiger partial charge in [0.2, 0.25) is 0 Å². The van der Waals surface area contributed by atoms with Crippen LogP contribution in [-0.4, -0.2) is 25.5 Å². The van der Waals surface area contributed by atoms with Gasteiger partial charge in [-0.15, -0.1) is 0 Å². The van der Waals surface area contributed by atoms with Gasteiger partial charge in [0, 0.05) is 5.69 Å². The topological polar surface area (TPSA) is 67.9 Å². The van der Waals surface area contributed by atoms with Crippen LogP contribution in [0, 0.1) is 13.8 Å². The van der Waals surface area contributed by atoms with Crippen molar-refractivity contribution in [2.45, 2.75) is 20.8 Å². The van der Waals surface area contributed by atoms with Crippen LogP contribution < -0.4 is 19.7 Å². The van der Waals surface area contributed by atoms with Crippen molar-refractivity contribution >= 4 is 28.8 Å². The molecule has 33 heavy (non-hydrogen) atoms. The van der Waals surface area contributed by atoms with Crippen LogP contribution in [-0.2, 0) is 9.59 Å². The van der Waals surface area contributed by atoms with Gasteiger partial charge >= 0.3 is 0 Å². The Morgan fingerprint density at radius 1 is 0.848 bits per heavy atom. The van der Waals surface area contributed by atoms with Crippen molar-refractivity contribution in [3.8, 4) is 11.5 Å². The summed E-state index contributed by atoms with van der Waals surface area (Å²) in [5, 5.41) is 3.24. The third-order valence-electron chi connectivity index (χ3n) is 5.51. The van der Waals surface area contributed by atoms with E-state index in [1.807, 2.05) is 39.0 Å². The normalized spacial score (nSPS) is 13.5. The Hall–Kier alpha value is -4.06. The van der Waals surface area contributed by atoms with Gasteiger partial charge in [0.15, 0.2) is 0 Å². The molecule has 1 aliphatic rings. The number of hydrogen-bond donors (Lipinski definition) is 1. The summed E-state index contributed by atoms with van der Waals surface area (Å²) in [4.78, 5) is 28.3. The number of hydrogen-bond acceptors (Lipinski definition) is 5. The largest absolute Gasteiger partial charge is 0.497 e. The number of ether oxygens (including phenoxy) is 2. The maximum Gasteiger partial charge on any atom is 0.282 e. The second kappa shape index (κ2) is 9.20. The van der Waals surface area contributed by atoms with Crippen LogP contribution in [0.2, 0.25) is 0 Å². The first-order valence-electron chi connectivity index (χ1n) is 10.8. The molecule has 4 rings (SSSR count). The number of nitrogens with zero attached hydrogens (tertiary/aromatic N) is 1. The molecule has 0 saturated carbocycles. The first-order chi connectivity index (χ1) is 15.9. The highest BCUT2D eigenvalue weighted by atomic mass is 16.5. The van der Waals surface area contributed by atoms with E-state index in [0.717, 1.165) is 16.8 Å². The molecule has 3 aromatic carbocycles. The fourth-order valence-corrected chi connectivity index (χ4v) is 3.85. The zero-order chi connectivity index (χ0) is 23.5. The number of nitrogens with one attached hydrogen (secondary N) is 1. The molecule has 0 fully saturated rings. The summed E-state index contributed by atoms with van der Waals surface area (Å²) in [6, 6.07) is 20.0. The first-order valence-corrected chi connectivity index (χ1v) is 10.8. The Morgan fingerprint density at radius 3 is 2.12 bits per heavy atom. The smallest absolute Gasteiger partial charge is 0.282 e. The molecular formula is C27H26N2O4. The van der Waals surface area contributed by atoms with E-state index in [1.54, 1.807) is 55.6 Å². The van der Waals surface area contributed by atoms with Gasteiger partial charge in [-0.25, -0.2) is 4.90 Å². The molecule has 1 heterocycles. The zero-order valence-corrected chi connectivity index (χ0v) is 19.1. The highest BCUT2D eigenvalue weighted by molar-refractivity contribution is 6.46. The number of carbonyl (C=O) groups is 2. The number of carbonyl (C=O) groups excluding carboxylic acids is 2. The summed E-state index contributed by atoms with van der Waals surface area (Å²) in [5.74, 6) is 0.553. The second-order valence-corrected chi connectivity index (χ2v) is 7.79. The van der Waals surface area contributed by atoms with Crippen molar-refractivity contribution in [2.24, 2.45) is 0 Å². The number of rotatable bonds is 7. The molecule has 6 nitrogen and oxygen atoms in total. The summed E-state index contributed by atoms with van der Waals surface area (Å²) in [5.41, 5.74) is 4.55. The van der Waals surface area contributed by atoms with E-state index in [2.05, 4.69) is 5.32 Å². The fraction of sp³-hybridized carbons (Fsp3) is 0.185. The molecule has 0 atom stereocenters. The minimum atomic E-state index is -0.407. The molecule has 3 aromatic rings. The molecule has 0 radical (unpaired) electrons. The number of aryl methyl sites for hydroxylation is 2. The van der Waals surface area contributed by atoms with Gasteiger partial charge in [-0.2, -0.15) is 0 Å². The van der Waals surface area contributed by atoms with Crippen molar-refractivity contribution < 1.29 is 19.1 Å². The molecule has 0 aromatic heterocycles. The minimum absolute atomic E-state index is 0.242. The molecule has 0 aliphatic carbocycles. The maximum atomic E-state index is 13.6. The average Bonchev–Trinajstić information content (AvgIpc) is 3.06. The Bertz CT molecular complexity index is 1230. The quantitative estimate of drug-likeness (QED) is 0.515. The van der Waals surface area contributed by atoms with Gasteiger partial charge in [0.1, 0.15) is 17.2 Å². The lowest BCUT2D eigenvalue weighted by Crippen LogP contribution is -2.32. The Labute approximate surface area is 193 Å². The molecule has 6 heteroatoms. The second-order valence-electron chi connectivity index (χ2n) is 7.79. The highest BCUT2D eigenvalue weighted by Gasteiger charge is 2.40. The number of amides is 2. The predicted octanol–water partition coefficient (Wildman–Crippen LogP) is 5.11. The van der Waals surface area contributed by atoms with E-state index < -0.39 is 5.91 Å². The van der Waals surface area contributed by atoms with E-state index >= 15 is 0 Å². The third kappa shape index (κ3) is 4.32. The summed E-state index contributed by atoms with van der Waals surface area (Å²) in [6.45, 7) is 6.41. The SMILES string of the molecule is CCOc1ccc(N2C(=O)C(Nc3ccc(C)cc3C)=C(c3ccc(OC)cc3)C2=O)cc1. The van der Waals surface area contributed by atoms with E-state index in [-0.39, 0.29) is 11.6 Å². The highest BCUT2D eigenvalue weighted by Crippen LogP contribution is 2.35. The molecule has 0 saturated heterocycles. The number of methoxy groups -OCH3 is 1. The van der Waals surface area contributed by atoms with Gasteiger partial charge in [-0.3, -0.25) is 9.59 Å².